The van der Waals surface area contributed by atoms with E-state index in [2.05, 4.69) is 5.32 Å². The fourth-order valence-electron chi connectivity index (χ4n) is 2.10. The van der Waals surface area contributed by atoms with Gasteiger partial charge in [0, 0.05) is 6.42 Å². The molecular weight excluding hydrogens is 202 g/mol. The molecule has 0 saturated carbocycles. The average molecular weight is 217 g/mol. The van der Waals surface area contributed by atoms with E-state index in [-0.39, 0.29) is 11.9 Å². The molecule has 0 saturated heterocycles. The molecule has 3 heteroatoms. The molecule has 0 radical (unpaired) electrons. The molecule has 0 bridgehead atoms. The molecule has 0 spiro atoms. The number of carbonyl (C=O) groups excluding carboxylic acids is 1. The molecule has 0 aliphatic heterocycles. The number of allylic oxidation sites excluding steroid dienone is 1. The number of rotatable bonds is 2. The highest BCUT2D eigenvalue weighted by atomic mass is 16.3. The molecule has 0 heterocycles. The second-order valence-electron chi connectivity index (χ2n) is 3.96. The average Bonchev–Trinajstić information content (AvgIpc) is 2.56. The Labute approximate surface area is 94.8 Å². The number of carbonyl (C=O) groups is 1. The van der Waals surface area contributed by atoms with Crippen LogP contribution in [0.5, 0.6) is 0 Å². The molecule has 1 aromatic carbocycles. The summed E-state index contributed by atoms with van der Waals surface area (Å²) >= 11 is 0. The van der Waals surface area contributed by atoms with Gasteiger partial charge in [-0.3, -0.25) is 4.79 Å². The van der Waals surface area contributed by atoms with Crippen LogP contribution in [0.15, 0.2) is 36.4 Å². The number of benzene rings is 1. The predicted molar refractivity (Wildman–Crippen MR) is 61.9 cm³/mol. The van der Waals surface area contributed by atoms with Crippen molar-refractivity contribution in [3.8, 4) is 0 Å². The highest BCUT2D eigenvalue weighted by molar-refractivity contribution is 5.87. The summed E-state index contributed by atoms with van der Waals surface area (Å²) in [7, 11) is 0. The van der Waals surface area contributed by atoms with E-state index >= 15 is 0 Å². The van der Waals surface area contributed by atoms with E-state index in [1.807, 2.05) is 24.3 Å². The first-order valence-electron chi connectivity index (χ1n) is 5.41. The third-order valence-electron chi connectivity index (χ3n) is 2.82. The van der Waals surface area contributed by atoms with Crippen molar-refractivity contribution in [2.75, 3.05) is 0 Å². The zero-order valence-corrected chi connectivity index (χ0v) is 9.18. The van der Waals surface area contributed by atoms with Crippen LogP contribution in [0.2, 0.25) is 0 Å². The Morgan fingerprint density at radius 2 is 2.25 bits per heavy atom. The van der Waals surface area contributed by atoms with E-state index < -0.39 is 6.10 Å². The maximum Gasteiger partial charge on any atom is 0.244 e. The Bertz CT molecular complexity index is 426. The van der Waals surface area contributed by atoms with Gasteiger partial charge in [0.2, 0.25) is 5.91 Å². The molecule has 1 aromatic rings. The minimum atomic E-state index is -0.522. The minimum Gasteiger partial charge on any atom is -0.390 e. The predicted octanol–water partition coefficient (Wildman–Crippen LogP) is 1.34. The van der Waals surface area contributed by atoms with Gasteiger partial charge in [0.1, 0.15) is 0 Å². The summed E-state index contributed by atoms with van der Waals surface area (Å²) in [5.41, 5.74) is 2.13. The van der Waals surface area contributed by atoms with Gasteiger partial charge in [0.15, 0.2) is 0 Å². The summed E-state index contributed by atoms with van der Waals surface area (Å²) < 4.78 is 0. The summed E-state index contributed by atoms with van der Waals surface area (Å²) in [4.78, 5) is 11.4. The lowest BCUT2D eigenvalue weighted by molar-refractivity contribution is -0.118. The first-order valence-corrected chi connectivity index (χ1v) is 5.41. The Morgan fingerprint density at radius 1 is 1.50 bits per heavy atom. The highest BCUT2D eigenvalue weighted by Gasteiger charge is 2.31. The van der Waals surface area contributed by atoms with Crippen molar-refractivity contribution in [3.63, 3.8) is 0 Å². The Morgan fingerprint density at radius 3 is 3.00 bits per heavy atom. The molecule has 3 nitrogen and oxygen atoms in total. The lowest BCUT2D eigenvalue weighted by atomic mass is 10.1. The van der Waals surface area contributed by atoms with Crippen molar-refractivity contribution in [2.45, 2.75) is 25.5 Å². The summed E-state index contributed by atoms with van der Waals surface area (Å²) in [6, 6.07) is 7.53. The van der Waals surface area contributed by atoms with Crippen LogP contribution in [0.1, 0.15) is 24.1 Å². The summed E-state index contributed by atoms with van der Waals surface area (Å²) in [5, 5.41) is 12.7. The fourth-order valence-corrected chi connectivity index (χ4v) is 2.10. The molecule has 16 heavy (non-hydrogen) atoms. The second-order valence-corrected chi connectivity index (χ2v) is 3.96. The third-order valence-corrected chi connectivity index (χ3v) is 2.82. The van der Waals surface area contributed by atoms with E-state index in [0.29, 0.717) is 6.42 Å². The van der Waals surface area contributed by atoms with Crippen molar-refractivity contribution in [1.82, 2.24) is 5.32 Å². The van der Waals surface area contributed by atoms with Crippen molar-refractivity contribution in [1.29, 1.82) is 0 Å². The zero-order chi connectivity index (χ0) is 11.5. The molecular formula is C13H15NO2. The molecule has 2 N–H and O–H groups in total. The van der Waals surface area contributed by atoms with Crippen LogP contribution in [-0.2, 0) is 11.2 Å². The van der Waals surface area contributed by atoms with Gasteiger partial charge in [-0.05, 0) is 24.1 Å². The van der Waals surface area contributed by atoms with Gasteiger partial charge < -0.3 is 10.4 Å². The second kappa shape index (κ2) is 4.49. The van der Waals surface area contributed by atoms with Gasteiger partial charge in [-0.15, -0.1) is 0 Å². The van der Waals surface area contributed by atoms with E-state index in [1.165, 1.54) is 6.08 Å². The highest BCUT2D eigenvalue weighted by Crippen LogP contribution is 2.30. The van der Waals surface area contributed by atoms with Crippen LogP contribution in [0.3, 0.4) is 0 Å². The summed E-state index contributed by atoms with van der Waals surface area (Å²) in [6.07, 6.45) is 3.24. The zero-order valence-electron chi connectivity index (χ0n) is 9.18. The molecule has 0 unspecified atom stereocenters. The number of aliphatic hydroxyl groups is 1. The summed E-state index contributed by atoms with van der Waals surface area (Å²) in [6.45, 7) is 1.79. The molecule has 2 rings (SSSR count). The van der Waals surface area contributed by atoms with E-state index in [9.17, 15) is 9.90 Å². The smallest absolute Gasteiger partial charge is 0.244 e. The minimum absolute atomic E-state index is 0.164. The molecule has 1 amide bonds. The largest absolute Gasteiger partial charge is 0.390 e. The Kier molecular flexibility index (Phi) is 3.06. The number of nitrogens with one attached hydrogen (secondary N) is 1. The van der Waals surface area contributed by atoms with Crippen LogP contribution in [0.4, 0.5) is 0 Å². The number of hydrogen-bond acceptors (Lipinski definition) is 2. The molecule has 1 aliphatic rings. The van der Waals surface area contributed by atoms with Gasteiger partial charge in [-0.1, -0.05) is 30.3 Å². The normalized spacial score (nSPS) is 23.4. The van der Waals surface area contributed by atoms with Crippen molar-refractivity contribution >= 4 is 5.91 Å². The molecule has 84 valence electrons. The number of hydrogen-bond donors (Lipinski definition) is 2. The maximum absolute atomic E-state index is 11.4. The van der Waals surface area contributed by atoms with E-state index in [1.54, 1.807) is 13.0 Å². The first kappa shape index (κ1) is 10.9. The quantitative estimate of drug-likeness (QED) is 0.734. The van der Waals surface area contributed by atoms with Gasteiger partial charge in [0.05, 0.1) is 12.1 Å². The van der Waals surface area contributed by atoms with Crippen LogP contribution >= 0.6 is 0 Å². The van der Waals surface area contributed by atoms with Crippen molar-refractivity contribution < 1.29 is 9.90 Å². The molecule has 0 fully saturated rings. The topological polar surface area (TPSA) is 49.3 Å². The van der Waals surface area contributed by atoms with Crippen LogP contribution < -0.4 is 5.32 Å². The SMILES string of the molecule is C/C=C/C(=O)N[C@H]1c2ccccc2C[C@H]1O. The van der Waals surface area contributed by atoms with Crippen molar-refractivity contribution in [2.24, 2.45) is 0 Å². The molecule has 0 aromatic heterocycles. The standard InChI is InChI=1S/C13H15NO2/c1-2-5-12(16)14-13-10-7-4-3-6-9(10)8-11(13)15/h2-7,11,13,15H,8H2,1H3,(H,14,16)/b5-2+/t11-,13+/m1/s1. The first-order chi connectivity index (χ1) is 7.72. The lowest BCUT2D eigenvalue weighted by Crippen LogP contribution is -2.32. The molecule has 2 atom stereocenters. The van der Waals surface area contributed by atoms with Crippen LogP contribution in [0, 0.1) is 0 Å². The van der Waals surface area contributed by atoms with Gasteiger partial charge >= 0.3 is 0 Å². The van der Waals surface area contributed by atoms with Gasteiger partial charge in [-0.25, -0.2) is 0 Å². The Balaban J connectivity index is 2.19. The lowest BCUT2D eigenvalue weighted by Gasteiger charge is -2.16. The van der Waals surface area contributed by atoms with E-state index in [4.69, 9.17) is 0 Å². The molecule has 1 aliphatic carbocycles. The monoisotopic (exact) mass is 217 g/mol. The van der Waals surface area contributed by atoms with E-state index in [0.717, 1.165) is 11.1 Å². The number of aliphatic hydroxyl groups excluding tert-OH is 1. The van der Waals surface area contributed by atoms with Crippen molar-refractivity contribution in [3.05, 3.63) is 47.5 Å². The van der Waals surface area contributed by atoms with Crippen LogP contribution in [-0.4, -0.2) is 17.1 Å². The third kappa shape index (κ3) is 1.99. The Hall–Kier alpha value is -1.61. The fraction of sp³-hybridized carbons (Fsp3) is 0.308. The van der Waals surface area contributed by atoms with Gasteiger partial charge in [-0.2, -0.15) is 0 Å². The number of amides is 1. The summed E-state index contributed by atoms with van der Waals surface area (Å²) in [5.74, 6) is -0.164. The van der Waals surface area contributed by atoms with Crippen LogP contribution in [0.25, 0.3) is 0 Å². The maximum atomic E-state index is 11.4. The number of fused-ring (bicyclic) bond motifs is 1. The van der Waals surface area contributed by atoms with Gasteiger partial charge in [0.25, 0.3) is 0 Å².